The lowest BCUT2D eigenvalue weighted by Gasteiger charge is -2.26. The van der Waals surface area contributed by atoms with E-state index in [1.807, 2.05) is 0 Å². The molecule has 1 saturated carbocycles. The number of allylic oxidation sites excluding steroid dienone is 4. The number of rotatable bonds is 0. The van der Waals surface area contributed by atoms with Crippen molar-refractivity contribution in [3.8, 4) is 0 Å². The highest BCUT2D eigenvalue weighted by Gasteiger charge is 2.51. The molecule has 4 atom stereocenters. The van der Waals surface area contributed by atoms with Crippen molar-refractivity contribution in [1.82, 2.24) is 0 Å². The van der Waals surface area contributed by atoms with Gasteiger partial charge >= 0.3 is 0 Å². The van der Waals surface area contributed by atoms with Crippen LogP contribution in [0.4, 0.5) is 0 Å². The minimum absolute atomic E-state index is 0.0208. The Kier molecular flexibility index (Phi) is 1.22. The molecule has 2 nitrogen and oxygen atoms in total. The predicted octanol–water partition coefficient (Wildman–Crippen LogP) is 1.13. The minimum atomic E-state index is -0.0208. The van der Waals surface area contributed by atoms with Crippen LogP contribution in [0.1, 0.15) is 6.42 Å². The van der Waals surface area contributed by atoms with E-state index >= 15 is 0 Å². The van der Waals surface area contributed by atoms with E-state index in [0.717, 1.165) is 6.42 Å². The van der Waals surface area contributed by atoms with E-state index < -0.39 is 0 Å². The number of carbonyl (C=O) groups is 2. The van der Waals surface area contributed by atoms with Gasteiger partial charge in [-0.2, -0.15) is 0 Å². The average Bonchev–Trinajstić information content (AvgIpc) is 2.70. The maximum Gasteiger partial charge on any atom is 0.160 e. The fraction of sp³-hybridized carbons (Fsp3) is 0.455. The zero-order valence-corrected chi connectivity index (χ0v) is 7.14. The molecule has 3 aliphatic carbocycles. The molecule has 2 heteroatoms. The average molecular weight is 174 g/mol. The van der Waals surface area contributed by atoms with Crippen molar-refractivity contribution in [2.45, 2.75) is 6.42 Å². The maximum absolute atomic E-state index is 11.5. The molecular weight excluding hydrogens is 164 g/mol. The highest BCUT2D eigenvalue weighted by Crippen LogP contribution is 2.50. The van der Waals surface area contributed by atoms with E-state index in [1.165, 1.54) is 12.2 Å². The minimum Gasteiger partial charge on any atom is -0.294 e. The molecule has 0 unspecified atom stereocenters. The lowest BCUT2D eigenvalue weighted by atomic mass is 9.75. The van der Waals surface area contributed by atoms with E-state index in [1.54, 1.807) is 0 Å². The van der Waals surface area contributed by atoms with Gasteiger partial charge in [-0.15, -0.1) is 0 Å². The SMILES string of the molecule is O=C1C=CC(=O)[C@@H]2[C@@H]1[C@@H]1C=C[C@H]2C1. The normalized spacial score (nSPS) is 45.8. The van der Waals surface area contributed by atoms with Gasteiger partial charge in [-0.25, -0.2) is 0 Å². The Hall–Kier alpha value is -1.18. The summed E-state index contributed by atoms with van der Waals surface area (Å²) in [6, 6.07) is 0. The Morgan fingerprint density at radius 3 is 1.85 bits per heavy atom. The van der Waals surface area contributed by atoms with Gasteiger partial charge in [-0.05, 0) is 30.4 Å². The molecule has 2 bridgehead atoms. The van der Waals surface area contributed by atoms with Gasteiger partial charge < -0.3 is 0 Å². The molecule has 0 saturated heterocycles. The van der Waals surface area contributed by atoms with Crippen molar-refractivity contribution in [1.29, 1.82) is 0 Å². The summed E-state index contributed by atoms with van der Waals surface area (Å²) < 4.78 is 0. The second-order valence-electron chi connectivity index (χ2n) is 4.14. The monoisotopic (exact) mass is 174 g/mol. The molecule has 13 heavy (non-hydrogen) atoms. The summed E-state index contributed by atoms with van der Waals surface area (Å²) in [5, 5.41) is 0. The van der Waals surface area contributed by atoms with Crippen LogP contribution in [0, 0.1) is 23.7 Å². The Morgan fingerprint density at radius 1 is 0.923 bits per heavy atom. The van der Waals surface area contributed by atoms with Gasteiger partial charge in [0.2, 0.25) is 0 Å². The van der Waals surface area contributed by atoms with Gasteiger partial charge in [0.05, 0.1) is 0 Å². The molecule has 0 N–H and O–H groups in total. The molecule has 3 rings (SSSR count). The van der Waals surface area contributed by atoms with E-state index in [4.69, 9.17) is 0 Å². The van der Waals surface area contributed by atoms with Crippen LogP contribution in [-0.2, 0) is 9.59 Å². The van der Waals surface area contributed by atoms with Crippen LogP contribution in [0.15, 0.2) is 24.3 Å². The zero-order chi connectivity index (χ0) is 9.00. The van der Waals surface area contributed by atoms with Crippen LogP contribution >= 0.6 is 0 Å². The molecule has 0 spiro atoms. The van der Waals surface area contributed by atoms with Crippen molar-refractivity contribution in [3.05, 3.63) is 24.3 Å². The molecule has 0 aromatic rings. The number of hydrogen-bond acceptors (Lipinski definition) is 2. The van der Waals surface area contributed by atoms with E-state index in [2.05, 4.69) is 12.2 Å². The third-order valence-electron chi connectivity index (χ3n) is 3.53. The van der Waals surface area contributed by atoms with Crippen LogP contribution in [0.25, 0.3) is 0 Å². The third kappa shape index (κ3) is 0.781. The first-order valence-corrected chi connectivity index (χ1v) is 4.71. The first-order valence-electron chi connectivity index (χ1n) is 4.71. The highest BCUT2D eigenvalue weighted by molar-refractivity contribution is 6.08. The van der Waals surface area contributed by atoms with E-state index in [9.17, 15) is 9.59 Å². The molecule has 0 amide bonds. The summed E-state index contributed by atoms with van der Waals surface area (Å²) in [6.45, 7) is 0. The number of carbonyl (C=O) groups excluding carboxylic acids is 2. The molecule has 0 aromatic heterocycles. The van der Waals surface area contributed by atoms with E-state index in [-0.39, 0.29) is 23.4 Å². The molecule has 0 heterocycles. The molecule has 66 valence electrons. The summed E-state index contributed by atoms with van der Waals surface area (Å²) >= 11 is 0. The molecule has 0 radical (unpaired) electrons. The van der Waals surface area contributed by atoms with Crippen molar-refractivity contribution < 1.29 is 9.59 Å². The third-order valence-corrected chi connectivity index (χ3v) is 3.53. The van der Waals surface area contributed by atoms with Gasteiger partial charge in [-0.1, -0.05) is 12.2 Å². The van der Waals surface area contributed by atoms with Crippen LogP contribution in [0.3, 0.4) is 0 Å². The van der Waals surface area contributed by atoms with Crippen LogP contribution in [0.5, 0.6) is 0 Å². The second kappa shape index (κ2) is 2.19. The number of fused-ring (bicyclic) bond motifs is 5. The Labute approximate surface area is 76.3 Å². The largest absolute Gasteiger partial charge is 0.294 e. The highest BCUT2D eigenvalue weighted by atomic mass is 16.1. The fourth-order valence-corrected chi connectivity index (χ4v) is 2.98. The smallest absolute Gasteiger partial charge is 0.160 e. The molecule has 1 fully saturated rings. The van der Waals surface area contributed by atoms with Crippen molar-refractivity contribution in [2.24, 2.45) is 23.7 Å². The zero-order valence-electron chi connectivity index (χ0n) is 7.14. The Morgan fingerprint density at radius 2 is 1.38 bits per heavy atom. The predicted molar refractivity (Wildman–Crippen MR) is 46.9 cm³/mol. The van der Waals surface area contributed by atoms with Crippen LogP contribution < -0.4 is 0 Å². The van der Waals surface area contributed by atoms with Gasteiger partial charge in [0.15, 0.2) is 11.6 Å². The molecule has 3 aliphatic rings. The fourth-order valence-electron chi connectivity index (χ4n) is 2.98. The van der Waals surface area contributed by atoms with Crippen molar-refractivity contribution >= 4 is 11.6 Å². The van der Waals surface area contributed by atoms with Crippen molar-refractivity contribution in [3.63, 3.8) is 0 Å². The van der Waals surface area contributed by atoms with Gasteiger partial charge in [0, 0.05) is 11.8 Å². The standard InChI is InChI=1S/C11H10O2/c12-8-3-4-9(13)11-7-2-1-6(5-7)10(8)11/h1-4,6-7,10-11H,5H2/t6-,7+,10-,11-/m1/s1. The lowest BCUT2D eigenvalue weighted by Crippen LogP contribution is -2.34. The second-order valence-corrected chi connectivity index (χ2v) is 4.14. The summed E-state index contributed by atoms with van der Waals surface area (Å²) in [7, 11) is 0. The van der Waals surface area contributed by atoms with Crippen molar-refractivity contribution in [2.75, 3.05) is 0 Å². The summed E-state index contributed by atoms with van der Waals surface area (Å²) in [6.07, 6.45) is 8.14. The Balaban J connectivity index is 2.09. The number of ketones is 2. The lowest BCUT2D eigenvalue weighted by molar-refractivity contribution is -0.129. The summed E-state index contributed by atoms with van der Waals surface area (Å²) in [5.41, 5.74) is 0. The molecule has 0 aliphatic heterocycles. The van der Waals surface area contributed by atoms with Crippen LogP contribution in [0.2, 0.25) is 0 Å². The quantitative estimate of drug-likeness (QED) is 0.516. The summed E-state index contributed by atoms with van der Waals surface area (Å²) in [5.74, 6) is 0.954. The van der Waals surface area contributed by atoms with Gasteiger partial charge in [0.1, 0.15) is 0 Å². The topological polar surface area (TPSA) is 34.1 Å². The number of hydrogen-bond donors (Lipinski definition) is 0. The maximum atomic E-state index is 11.5. The van der Waals surface area contributed by atoms with E-state index in [0.29, 0.717) is 11.8 Å². The summed E-state index contributed by atoms with van der Waals surface area (Å²) in [4.78, 5) is 23.1. The Bertz CT molecular complexity index is 319. The first kappa shape index (κ1) is 7.25. The van der Waals surface area contributed by atoms with Crippen LogP contribution in [-0.4, -0.2) is 11.6 Å². The van der Waals surface area contributed by atoms with Gasteiger partial charge in [0.25, 0.3) is 0 Å². The molecular formula is C11H10O2. The molecule has 0 aromatic carbocycles. The van der Waals surface area contributed by atoms with Gasteiger partial charge in [-0.3, -0.25) is 9.59 Å². The first-order chi connectivity index (χ1) is 6.27.